The molecule has 1 N–H and O–H groups in total. The van der Waals surface area contributed by atoms with Gasteiger partial charge in [0.1, 0.15) is 5.75 Å². The Morgan fingerprint density at radius 1 is 1.32 bits per heavy atom. The number of nitrogens with one attached hydrogen (secondary N) is 1. The van der Waals surface area contributed by atoms with Crippen LogP contribution in [0.15, 0.2) is 18.2 Å². The first-order valence-corrected chi connectivity index (χ1v) is 7.69. The highest BCUT2D eigenvalue weighted by molar-refractivity contribution is 7.22. The van der Waals surface area contributed by atoms with Crippen LogP contribution in [0.5, 0.6) is 5.75 Å². The number of methoxy groups -OCH3 is 1. The number of aromatic nitrogens is 1. The van der Waals surface area contributed by atoms with E-state index in [1.165, 1.54) is 24.0 Å². The predicted octanol–water partition coefficient (Wildman–Crippen LogP) is 4.54. The van der Waals surface area contributed by atoms with E-state index in [0.29, 0.717) is 0 Å². The second-order valence-electron chi connectivity index (χ2n) is 5.17. The van der Waals surface area contributed by atoms with E-state index in [9.17, 15) is 0 Å². The van der Waals surface area contributed by atoms with E-state index in [-0.39, 0.29) is 0 Å². The Morgan fingerprint density at radius 3 is 2.89 bits per heavy atom. The summed E-state index contributed by atoms with van der Waals surface area (Å²) in [6, 6.07) is 6.00. The summed E-state index contributed by atoms with van der Waals surface area (Å²) in [6.07, 6.45) is 3.79. The largest absolute Gasteiger partial charge is 0.497 e. The predicted molar refractivity (Wildman–Crippen MR) is 83.4 cm³/mol. The average molecular weight is 278 g/mol. The molecule has 19 heavy (non-hydrogen) atoms. The summed E-state index contributed by atoms with van der Waals surface area (Å²) >= 11 is 1.69. The third-order valence-corrected chi connectivity index (χ3v) is 4.06. The van der Waals surface area contributed by atoms with Crippen molar-refractivity contribution in [1.29, 1.82) is 0 Å². The molecule has 0 aliphatic rings. The van der Waals surface area contributed by atoms with Crippen LogP contribution in [0.4, 0.5) is 5.13 Å². The zero-order valence-electron chi connectivity index (χ0n) is 11.9. The number of fused-ring (bicyclic) bond motifs is 1. The van der Waals surface area contributed by atoms with Crippen LogP contribution in [0.25, 0.3) is 10.2 Å². The van der Waals surface area contributed by atoms with Gasteiger partial charge < -0.3 is 10.1 Å². The number of unbranched alkanes of at least 4 members (excludes halogenated alkanes) is 1. The van der Waals surface area contributed by atoms with E-state index in [1.807, 2.05) is 18.2 Å². The number of hydrogen-bond donors (Lipinski definition) is 1. The number of benzene rings is 1. The molecule has 0 radical (unpaired) electrons. The Morgan fingerprint density at radius 2 is 2.16 bits per heavy atom. The first-order valence-electron chi connectivity index (χ1n) is 6.87. The third kappa shape index (κ3) is 4.10. The van der Waals surface area contributed by atoms with Gasteiger partial charge in [0.25, 0.3) is 0 Å². The fraction of sp³-hybridized carbons (Fsp3) is 0.533. The van der Waals surface area contributed by atoms with E-state index in [4.69, 9.17) is 4.74 Å². The Bertz CT molecular complexity index is 522. The average Bonchev–Trinajstić information content (AvgIpc) is 2.79. The summed E-state index contributed by atoms with van der Waals surface area (Å²) in [5, 5.41) is 4.42. The smallest absolute Gasteiger partial charge is 0.183 e. The van der Waals surface area contributed by atoms with Crippen molar-refractivity contribution in [2.24, 2.45) is 5.92 Å². The Balaban J connectivity index is 1.87. The lowest BCUT2D eigenvalue weighted by Gasteiger charge is -2.04. The van der Waals surface area contributed by atoms with Gasteiger partial charge in [0.05, 0.1) is 17.3 Å². The number of thiazole rings is 1. The van der Waals surface area contributed by atoms with Gasteiger partial charge in [0.15, 0.2) is 5.13 Å². The highest BCUT2D eigenvalue weighted by Gasteiger charge is 2.04. The van der Waals surface area contributed by atoms with Gasteiger partial charge in [0.2, 0.25) is 0 Å². The standard InChI is InChI=1S/C15H22N2OS/c1-11(2)6-4-5-9-16-15-17-13-8-7-12(18-3)10-14(13)19-15/h7-8,10-11H,4-6,9H2,1-3H3,(H,16,17). The molecule has 0 saturated heterocycles. The molecule has 1 heterocycles. The quantitative estimate of drug-likeness (QED) is 0.755. The van der Waals surface area contributed by atoms with Gasteiger partial charge in [-0.05, 0) is 30.5 Å². The molecule has 0 atom stereocenters. The summed E-state index contributed by atoms with van der Waals surface area (Å²) in [5.41, 5.74) is 1.04. The topological polar surface area (TPSA) is 34.1 Å². The highest BCUT2D eigenvalue weighted by Crippen LogP contribution is 2.29. The van der Waals surface area contributed by atoms with Crippen LogP contribution >= 0.6 is 11.3 Å². The molecule has 3 nitrogen and oxygen atoms in total. The van der Waals surface area contributed by atoms with Crippen LogP contribution in [0.1, 0.15) is 33.1 Å². The summed E-state index contributed by atoms with van der Waals surface area (Å²) in [5.74, 6) is 1.69. The van der Waals surface area contributed by atoms with Crippen LogP contribution in [-0.4, -0.2) is 18.6 Å². The molecule has 1 aromatic carbocycles. The molecule has 4 heteroatoms. The van der Waals surface area contributed by atoms with Gasteiger partial charge in [-0.3, -0.25) is 0 Å². The second kappa shape index (κ2) is 6.75. The molecule has 0 saturated carbocycles. The third-order valence-electron chi connectivity index (χ3n) is 3.08. The maximum atomic E-state index is 5.23. The van der Waals surface area contributed by atoms with Gasteiger partial charge in [-0.1, -0.05) is 38.0 Å². The molecule has 0 unspecified atom stereocenters. The molecule has 0 fully saturated rings. The Hall–Kier alpha value is -1.29. The lowest BCUT2D eigenvalue weighted by Crippen LogP contribution is -2.01. The van der Waals surface area contributed by atoms with Crippen LogP contribution in [0, 0.1) is 5.92 Å². The highest BCUT2D eigenvalue weighted by atomic mass is 32.1. The number of rotatable bonds is 7. The van der Waals surface area contributed by atoms with Crippen molar-refractivity contribution in [2.75, 3.05) is 19.0 Å². The monoisotopic (exact) mass is 278 g/mol. The minimum absolute atomic E-state index is 0.801. The van der Waals surface area contributed by atoms with Crippen molar-refractivity contribution < 1.29 is 4.74 Å². The van der Waals surface area contributed by atoms with Crippen molar-refractivity contribution in [3.63, 3.8) is 0 Å². The maximum Gasteiger partial charge on any atom is 0.183 e. The maximum absolute atomic E-state index is 5.23. The number of anilines is 1. The molecule has 0 aliphatic carbocycles. The first kappa shape index (κ1) is 14.1. The summed E-state index contributed by atoms with van der Waals surface area (Å²) in [4.78, 5) is 4.57. The molecule has 0 aliphatic heterocycles. The SMILES string of the molecule is COc1ccc2nc(NCCCCC(C)C)sc2c1. The fourth-order valence-corrected chi connectivity index (χ4v) is 2.90. The molecule has 2 aromatic rings. The van der Waals surface area contributed by atoms with Crippen LogP contribution in [-0.2, 0) is 0 Å². The summed E-state index contributed by atoms with van der Waals surface area (Å²) < 4.78 is 6.40. The van der Waals surface area contributed by atoms with Crippen molar-refractivity contribution >= 4 is 26.7 Å². The minimum Gasteiger partial charge on any atom is -0.497 e. The Labute approximate surface area is 119 Å². The molecule has 2 rings (SSSR count). The molecule has 0 bridgehead atoms. The van der Waals surface area contributed by atoms with Gasteiger partial charge in [-0.25, -0.2) is 4.98 Å². The fourth-order valence-electron chi connectivity index (χ4n) is 1.98. The Kier molecular flexibility index (Phi) is 5.02. The van der Waals surface area contributed by atoms with Crippen molar-refractivity contribution in [3.05, 3.63) is 18.2 Å². The van der Waals surface area contributed by atoms with Gasteiger partial charge in [-0.15, -0.1) is 0 Å². The molecule has 0 spiro atoms. The van der Waals surface area contributed by atoms with E-state index in [2.05, 4.69) is 24.1 Å². The van der Waals surface area contributed by atoms with Gasteiger partial charge in [0, 0.05) is 6.54 Å². The van der Waals surface area contributed by atoms with Gasteiger partial charge in [-0.2, -0.15) is 0 Å². The molecule has 104 valence electrons. The molecule has 1 aromatic heterocycles. The normalized spacial score (nSPS) is 11.2. The van der Waals surface area contributed by atoms with Crippen molar-refractivity contribution in [1.82, 2.24) is 4.98 Å². The van der Waals surface area contributed by atoms with E-state index < -0.39 is 0 Å². The number of ether oxygens (including phenoxy) is 1. The molecule has 0 amide bonds. The van der Waals surface area contributed by atoms with Crippen molar-refractivity contribution in [2.45, 2.75) is 33.1 Å². The lowest BCUT2D eigenvalue weighted by atomic mass is 10.1. The second-order valence-corrected chi connectivity index (χ2v) is 6.20. The number of nitrogens with zero attached hydrogens (tertiary/aromatic N) is 1. The zero-order chi connectivity index (χ0) is 13.7. The summed E-state index contributed by atoms with van der Waals surface area (Å²) in [6.45, 7) is 5.55. The van der Waals surface area contributed by atoms with E-state index >= 15 is 0 Å². The van der Waals surface area contributed by atoms with Gasteiger partial charge >= 0.3 is 0 Å². The van der Waals surface area contributed by atoms with Crippen molar-refractivity contribution in [3.8, 4) is 5.75 Å². The lowest BCUT2D eigenvalue weighted by molar-refractivity contribution is 0.415. The number of hydrogen-bond acceptors (Lipinski definition) is 4. The first-order chi connectivity index (χ1) is 9.19. The molecular weight excluding hydrogens is 256 g/mol. The van der Waals surface area contributed by atoms with Crippen LogP contribution < -0.4 is 10.1 Å². The molecular formula is C15H22N2OS. The van der Waals surface area contributed by atoms with Crippen LogP contribution in [0.3, 0.4) is 0 Å². The van der Waals surface area contributed by atoms with E-state index in [1.54, 1.807) is 18.4 Å². The van der Waals surface area contributed by atoms with Crippen LogP contribution in [0.2, 0.25) is 0 Å². The summed E-state index contributed by atoms with van der Waals surface area (Å²) in [7, 11) is 1.69. The minimum atomic E-state index is 0.801. The zero-order valence-corrected chi connectivity index (χ0v) is 12.7. The van der Waals surface area contributed by atoms with E-state index in [0.717, 1.165) is 28.9 Å².